The molecule has 0 aromatic carbocycles. The van der Waals surface area contributed by atoms with Crippen molar-refractivity contribution in [3.8, 4) is 0 Å². The Balaban J connectivity index is 2.34. The average molecular weight is 232 g/mol. The van der Waals surface area contributed by atoms with Crippen LogP contribution in [0.2, 0.25) is 0 Å². The van der Waals surface area contributed by atoms with Crippen LogP contribution in [0.1, 0.15) is 13.3 Å². The van der Waals surface area contributed by atoms with Gasteiger partial charge in [-0.2, -0.15) is 11.8 Å². The minimum Gasteiger partial charge on any atom is -0.464 e. The molecule has 0 saturated carbocycles. The zero-order chi connectivity index (χ0) is 11.3. The van der Waals surface area contributed by atoms with Crippen molar-refractivity contribution in [3.63, 3.8) is 0 Å². The van der Waals surface area contributed by atoms with Gasteiger partial charge >= 0.3 is 5.97 Å². The highest BCUT2D eigenvalue weighted by Crippen LogP contribution is 2.16. The third-order valence-corrected chi connectivity index (χ3v) is 3.26. The molecule has 0 aromatic rings. The van der Waals surface area contributed by atoms with Crippen molar-refractivity contribution in [2.45, 2.75) is 25.4 Å². The van der Waals surface area contributed by atoms with E-state index < -0.39 is 17.9 Å². The van der Waals surface area contributed by atoms with Crippen molar-refractivity contribution in [2.24, 2.45) is 5.73 Å². The van der Waals surface area contributed by atoms with Crippen LogP contribution in [0.25, 0.3) is 0 Å². The van der Waals surface area contributed by atoms with Crippen molar-refractivity contribution >= 4 is 23.6 Å². The van der Waals surface area contributed by atoms with Gasteiger partial charge in [-0.15, -0.1) is 0 Å². The number of rotatable bonds is 4. The van der Waals surface area contributed by atoms with Gasteiger partial charge in [0, 0.05) is 11.8 Å². The van der Waals surface area contributed by atoms with E-state index in [2.05, 4.69) is 10.1 Å². The van der Waals surface area contributed by atoms with Gasteiger partial charge in [0.25, 0.3) is 0 Å². The number of hydrogen-bond acceptors (Lipinski definition) is 5. The molecule has 0 aliphatic carbocycles. The lowest BCUT2D eigenvalue weighted by atomic mass is 10.2. The molecule has 1 aliphatic rings. The molecule has 1 fully saturated rings. The first-order valence-electron chi connectivity index (χ1n) is 4.95. The normalized spacial score (nSPS) is 22.1. The second-order valence-electron chi connectivity index (χ2n) is 3.30. The maximum absolute atomic E-state index is 11.5. The van der Waals surface area contributed by atoms with E-state index in [0.29, 0.717) is 0 Å². The highest BCUT2D eigenvalue weighted by molar-refractivity contribution is 7.99. The van der Waals surface area contributed by atoms with Crippen LogP contribution in [0.3, 0.4) is 0 Å². The maximum atomic E-state index is 11.5. The standard InChI is InChI=1S/C9H16N2O3S/c1-2-14-9(13)7(10)8(12)11-6-3-4-15-5-6/h6-7H,2-5,10H2,1H3,(H,11,12). The maximum Gasteiger partial charge on any atom is 0.332 e. The Kier molecular flexibility index (Phi) is 4.90. The van der Waals surface area contributed by atoms with Gasteiger partial charge in [0.05, 0.1) is 6.61 Å². The highest BCUT2D eigenvalue weighted by Gasteiger charge is 2.26. The van der Waals surface area contributed by atoms with Gasteiger partial charge in [-0.1, -0.05) is 0 Å². The first kappa shape index (κ1) is 12.3. The van der Waals surface area contributed by atoms with Crippen LogP contribution in [0.5, 0.6) is 0 Å². The lowest BCUT2D eigenvalue weighted by Gasteiger charge is -2.14. The van der Waals surface area contributed by atoms with Gasteiger partial charge in [-0.3, -0.25) is 4.79 Å². The summed E-state index contributed by atoms with van der Waals surface area (Å²) in [6, 6.07) is -1.06. The molecule has 15 heavy (non-hydrogen) atoms. The van der Waals surface area contributed by atoms with Crippen molar-refractivity contribution < 1.29 is 14.3 Å². The number of amides is 1. The number of ether oxygens (including phenoxy) is 1. The van der Waals surface area contributed by atoms with Gasteiger partial charge in [0.1, 0.15) is 0 Å². The molecule has 6 heteroatoms. The topological polar surface area (TPSA) is 81.4 Å². The van der Waals surface area contributed by atoms with E-state index >= 15 is 0 Å². The molecule has 1 saturated heterocycles. The first-order chi connectivity index (χ1) is 7.15. The Hall–Kier alpha value is -0.750. The van der Waals surface area contributed by atoms with Crippen molar-refractivity contribution in [3.05, 3.63) is 0 Å². The molecule has 0 radical (unpaired) electrons. The van der Waals surface area contributed by atoms with Gasteiger partial charge in [0.2, 0.25) is 5.91 Å². The van der Waals surface area contributed by atoms with Crippen LogP contribution in [0.15, 0.2) is 0 Å². The summed E-state index contributed by atoms with van der Waals surface area (Å²) in [5.41, 5.74) is 5.43. The molecular formula is C9H16N2O3S. The lowest BCUT2D eigenvalue weighted by molar-refractivity contribution is -0.148. The Morgan fingerprint density at radius 2 is 2.40 bits per heavy atom. The summed E-state index contributed by atoms with van der Waals surface area (Å²) in [6.07, 6.45) is 0.936. The van der Waals surface area contributed by atoms with E-state index in [9.17, 15) is 9.59 Å². The molecule has 0 aromatic heterocycles. The van der Waals surface area contributed by atoms with Crippen LogP contribution >= 0.6 is 11.8 Å². The Labute approximate surface area is 93.1 Å². The summed E-state index contributed by atoms with van der Waals surface area (Å²) < 4.78 is 4.66. The zero-order valence-electron chi connectivity index (χ0n) is 8.69. The van der Waals surface area contributed by atoms with Crippen LogP contribution in [0.4, 0.5) is 0 Å². The fourth-order valence-electron chi connectivity index (χ4n) is 1.28. The van der Waals surface area contributed by atoms with E-state index in [4.69, 9.17) is 5.73 Å². The number of esters is 1. The molecule has 1 rings (SSSR count). The predicted molar refractivity (Wildman–Crippen MR) is 58.5 cm³/mol. The molecule has 1 heterocycles. The van der Waals surface area contributed by atoms with Crippen molar-refractivity contribution in [1.29, 1.82) is 0 Å². The molecule has 0 spiro atoms. The van der Waals surface area contributed by atoms with Crippen LogP contribution in [-0.4, -0.2) is 42.1 Å². The van der Waals surface area contributed by atoms with E-state index in [1.165, 1.54) is 0 Å². The number of nitrogens with two attached hydrogens (primary N) is 1. The predicted octanol–water partition coefficient (Wildman–Crippen LogP) is -0.501. The van der Waals surface area contributed by atoms with E-state index in [1.807, 2.05) is 0 Å². The van der Waals surface area contributed by atoms with Crippen molar-refractivity contribution in [1.82, 2.24) is 5.32 Å². The van der Waals surface area contributed by atoms with Crippen LogP contribution in [0, 0.1) is 0 Å². The quantitative estimate of drug-likeness (QED) is 0.504. The van der Waals surface area contributed by atoms with Crippen LogP contribution in [-0.2, 0) is 14.3 Å². The summed E-state index contributed by atoms with van der Waals surface area (Å²) in [4.78, 5) is 22.6. The highest BCUT2D eigenvalue weighted by atomic mass is 32.2. The summed E-state index contributed by atoms with van der Waals surface area (Å²) in [5, 5.41) is 2.73. The van der Waals surface area contributed by atoms with E-state index in [1.54, 1.807) is 18.7 Å². The molecule has 86 valence electrons. The Morgan fingerprint density at radius 3 is 2.93 bits per heavy atom. The monoisotopic (exact) mass is 232 g/mol. The summed E-state index contributed by atoms with van der Waals surface area (Å²) in [7, 11) is 0. The lowest BCUT2D eigenvalue weighted by Crippen LogP contribution is -2.50. The SMILES string of the molecule is CCOC(=O)C(N)C(=O)NC1CCSC1. The number of thioether (sulfide) groups is 1. The number of carbonyl (C=O) groups is 2. The van der Waals surface area contributed by atoms with Gasteiger partial charge < -0.3 is 15.8 Å². The third-order valence-electron chi connectivity index (χ3n) is 2.10. The van der Waals surface area contributed by atoms with E-state index in [0.717, 1.165) is 17.9 Å². The second-order valence-corrected chi connectivity index (χ2v) is 4.45. The molecule has 5 nitrogen and oxygen atoms in total. The van der Waals surface area contributed by atoms with Crippen molar-refractivity contribution in [2.75, 3.05) is 18.1 Å². The smallest absolute Gasteiger partial charge is 0.332 e. The minimum absolute atomic E-state index is 0.142. The molecular weight excluding hydrogens is 216 g/mol. The first-order valence-corrected chi connectivity index (χ1v) is 6.11. The van der Waals surface area contributed by atoms with E-state index in [-0.39, 0.29) is 12.6 Å². The Bertz CT molecular complexity index is 242. The summed E-state index contributed by atoms with van der Waals surface area (Å²) in [6.45, 7) is 1.91. The summed E-state index contributed by atoms with van der Waals surface area (Å²) >= 11 is 1.78. The van der Waals surface area contributed by atoms with Gasteiger partial charge in [0.15, 0.2) is 6.04 Å². The summed E-state index contributed by atoms with van der Waals surface area (Å²) in [5.74, 6) is 0.822. The fourth-order valence-corrected chi connectivity index (χ4v) is 2.43. The third kappa shape index (κ3) is 3.71. The molecule has 3 N–H and O–H groups in total. The van der Waals surface area contributed by atoms with Crippen LogP contribution < -0.4 is 11.1 Å². The number of carbonyl (C=O) groups excluding carboxylic acids is 2. The Morgan fingerprint density at radius 1 is 1.67 bits per heavy atom. The molecule has 0 bridgehead atoms. The average Bonchev–Trinajstić information content (AvgIpc) is 2.69. The molecule has 1 amide bonds. The second kappa shape index (κ2) is 5.97. The van der Waals surface area contributed by atoms with Gasteiger partial charge in [-0.05, 0) is 19.1 Å². The van der Waals surface area contributed by atoms with Gasteiger partial charge in [-0.25, -0.2) is 4.79 Å². The molecule has 2 unspecified atom stereocenters. The largest absolute Gasteiger partial charge is 0.464 e. The number of nitrogens with one attached hydrogen (secondary N) is 1. The minimum atomic E-state index is -1.20. The molecule has 1 aliphatic heterocycles. The molecule has 2 atom stereocenters. The zero-order valence-corrected chi connectivity index (χ0v) is 9.51. The fraction of sp³-hybridized carbons (Fsp3) is 0.778. The number of hydrogen-bond donors (Lipinski definition) is 2.